The Balaban J connectivity index is 1.83. The molecule has 2 N–H and O–H groups in total. The van der Waals surface area contributed by atoms with E-state index in [0.717, 1.165) is 49.7 Å². The quantitative estimate of drug-likeness (QED) is 0.449. The highest BCUT2D eigenvalue weighted by molar-refractivity contribution is 5.53. The second-order valence-corrected chi connectivity index (χ2v) is 12.0. The molecular weight excluding hydrogens is 416 g/mol. The molecule has 0 unspecified atom stereocenters. The first kappa shape index (κ1) is 25.1. The zero-order valence-electron chi connectivity index (χ0n) is 22.3. The van der Waals surface area contributed by atoms with Crippen molar-refractivity contribution < 1.29 is 10.2 Å². The zero-order chi connectivity index (χ0) is 24.5. The van der Waals surface area contributed by atoms with Crippen molar-refractivity contribution in [1.82, 2.24) is 0 Å². The number of hydrogen-bond acceptors (Lipinski definition) is 2. The summed E-state index contributed by atoms with van der Waals surface area (Å²) in [6, 6.07) is 8.74. The van der Waals surface area contributed by atoms with Crippen molar-refractivity contribution in [3.63, 3.8) is 0 Å². The van der Waals surface area contributed by atoms with Crippen LogP contribution in [0.3, 0.4) is 0 Å². The van der Waals surface area contributed by atoms with Gasteiger partial charge in [0.2, 0.25) is 0 Å². The number of phenols is 2. The van der Waals surface area contributed by atoms with Gasteiger partial charge in [0.25, 0.3) is 0 Å². The summed E-state index contributed by atoms with van der Waals surface area (Å²) in [4.78, 5) is 0. The molecule has 2 nitrogen and oxygen atoms in total. The monoisotopic (exact) mass is 462 g/mol. The van der Waals surface area contributed by atoms with Crippen LogP contribution in [0, 0.1) is 13.8 Å². The van der Waals surface area contributed by atoms with Crippen LogP contribution in [0.1, 0.15) is 137 Å². The van der Waals surface area contributed by atoms with E-state index in [4.69, 9.17) is 0 Å². The average Bonchev–Trinajstić information content (AvgIpc) is 2.79. The number of aryl methyl sites for hydroxylation is 2. The van der Waals surface area contributed by atoms with Gasteiger partial charge < -0.3 is 10.2 Å². The predicted molar refractivity (Wildman–Crippen MR) is 143 cm³/mol. The summed E-state index contributed by atoms with van der Waals surface area (Å²) in [5.74, 6) is 1.22. The lowest BCUT2D eigenvalue weighted by Crippen LogP contribution is -2.26. The molecule has 2 saturated carbocycles. The van der Waals surface area contributed by atoms with Gasteiger partial charge in [0.15, 0.2) is 0 Å². The normalized spacial score (nSPS) is 19.9. The van der Waals surface area contributed by atoms with Gasteiger partial charge in [-0.15, -0.1) is 0 Å². The van der Waals surface area contributed by atoms with Gasteiger partial charge in [-0.2, -0.15) is 0 Å². The van der Waals surface area contributed by atoms with Gasteiger partial charge >= 0.3 is 0 Å². The summed E-state index contributed by atoms with van der Waals surface area (Å²) >= 11 is 0. The minimum absolute atomic E-state index is 0.0618. The second kappa shape index (κ2) is 9.96. The lowest BCUT2D eigenvalue weighted by molar-refractivity contribution is 0.307. The van der Waals surface area contributed by atoms with E-state index in [1.807, 2.05) is 12.1 Å². The summed E-state index contributed by atoms with van der Waals surface area (Å²) in [7, 11) is 0. The molecule has 2 fully saturated rings. The summed E-state index contributed by atoms with van der Waals surface area (Å²) in [5, 5.41) is 22.0. The van der Waals surface area contributed by atoms with Crippen LogP contribution < -0.4 is 0 Å². The number of hydrogen-bond donors (Lipinski definition) is 2. The van der Waals surface area contributed by atoms with Crippen molar-refractivity contribution in [2.24, 2.45) is 0 Å². The maximum absolute atomic E-state index is 11.0. The topological polar surface area (TPSA) is 40.5 Å². The first-order chi connectivity index (χ1) is 16.2. The highest BCUT2D eigenvalue weighted by Gasteiger charge is 2.34. The molecule has 0 bridgehead atoms. The summed E-state index contributed by atoms with van der Waals surface area (Å²) < 4.78 is 0. The average molecular weight is 463 g/mol. The fraction of sp³-hybridized carbons (Fsp3) is 0.625. The van der Waals surface area contributed by atoms with Crippen molar-refractivity contribution in [2.75, 3.05) is 0 Å². The molecule has 0 heterocycles. The molecule has 2 heteroatoms. The molecule has 4 rings (SSSR count). The van der Waals surface area contributed by atoms with Gasteiger partial charge in [0, 0.05) is 17.0 Å². The lowest BCUT2D eigenvalue weighted by atomic mass is 9.68. The van der Waals surface area contributed by atoms with Crippen molar-refractivity contribution in [3.05, 3.63) is 57.6 Å². The Labute approximate surface area is 207 Å². The van der Waals surface area contributed by atoms with Gasteiger partial charge in [-0.05, 0) is 91.2 Å². The largest absolute Gasteiger partial charge is 0.508 e. The Morgan fingerprint density at radius 2 is 1.06 bits per heavy atom. The van der Waals surface area contributed by atoms with E-state index >= 15 is 0 Å². The van der Waals surface area contributed by atoms with E-state index in [9.17, 15) is 10.2 Å². The maximum atomic E-state index is 11.0. The second-order valence-electron chi connectivity index (χ2n) is 12.0. The van der Waals surface area contributed by atoms with E-state index in [1.165, 1.54) is 60.8 Å². The molecule has 34 heavy (non-hydrogen) atoms. The zero-order valence-corrected chi connectivity index (χ0v) is 22.3. The van der Waals surface area contributed by atoms with Crippen molar-refractivity contribution in [3.8, 4) is 11.5 Å². The Bertz CT molecular complexity index is 927. The molecule has 0 atom stereocenters. The molecule has 2 aliphatic carbocycles. The minimum Gasteiger partial charge on any atom is -0.508 e. The van der Waals surface area contributed by atoms with Crippen molar-refractivity contribution in [1.29, 1.82) is 0 Å². The molecule has 2 aromatic carbocycles. The molecule has 186 valence electrons. The molecule has 0 amide bonds. The van der Waals surface area contributed by atoms with Crippen LogP contribution in [0.4, 0.5) is 0 Å². The highest BCUT2D eigenvalue weighted by Crippen LogP contribution is 2.48. The van der Waals surface area contributed by atoms with E-state index < -0.39 is 0 Å². The Morgan fingerprint density at radius 1 is 0.676 bits per heavy atom. The van der Waals surface area contributed by atoms with Gasteiger partial charge in [-0.25, -0.2) is 0 Å². The lowest BCUT2D eigenvalue weighted by Gasteiger charge is -2.37. The molecule has 2 aliphatic rings. The number of rotatable bonds is 6. The maximum Gasteiger partial charge on any atom is 0.119 e. The Morgan fingerprint density at radius 3 is 1.41 bits per heavy atom. The van der Waals surface area contributed by atoms with Gasteiger partial charge in [0.1, 0.15) is 11.5 Å². The highest BCUT2D eigenvalue weighted by atomic mass is 16.3. The fourth-order valence-corrected chi connectivity index (χ4v) is 7.11. The van der Waals surface area contributed by atoms with E-state index in [-0.39, 0.29) is 16.7 Å². The standard InChI is InChI=1S/C32H46O2/c1-6-13-24(25-20-27(29(33)18-22(25)2)31(4)14-9-7-10-15-31)26-21-28(30(34)19-23(26)3)32(5)16-11-8-12-17-32/h18-21,24,33-34H,6-17H2,1-5H3. The van der Waals surface area contributed by atoms with Crippen LogP contribution in [0.25, 0.3) is 0 Å². The summed E-state index contributed by atoms with van der Waals surface area (Å²) in [6.07, 6.45) is 14.4. The molecule has 2 aromatic rings. The van der Waals surface area contributed by atoms with Crippen LogP contribution in [-0.2, 0) is 10.8 Å². The summed E-state index contributed by atoms with van der Waals surface area (Å²) in [5.41, 5.74) is 7.48. The van der Waals surface area contributed by atoms with E-state index in [0.29, 0.717) is 11.5 Å². The van der Waals surface area contributed by atoms with Gasteiger partial charge in [-0.1, -0.05) is 77.8 Å². The molecular formula is C32H46O2. The summed E-state index contributed by atoms with van der Waals surface area (Å²) in [6.45, 7) is 11.3. The molecule has 0 spiro atoms. The first-order valence-corrected chi connectivity index (χ1v) is 13.9. The third-order valence-corrected chi connectivity index (χ3v) is 9.31. The van der Waals surface area contributed by atoms with Crippen LogP contribution in [-0.4, -0.2) is 10.2 Å². The Kier molecular flexibility index (Phi) is 7.36. The molecule has 0 aromatic heterocycles. The van der Waals surface area contributed by atoms with E-state index in [2.05, 4.69) is 46.8 Å². The number of benzene rings is 2. The molecule has 0 saturated heterocycles. The van der Waals surface area contributed by atoms with Crippen LogP contribution >= 0.6 is 0 Å². The first-order valence-electron chi connectivity index (χ1n) is 13.9. The number of aromatic hydroxyl groups is 2. The fourth-order valence-electron chi connectivity index (χ4n) is 7.11. The Hall–Kier alpha value is -1.96. The van der Waals surface area contributed by atoms with Gasteiger partial charge in [-0.3, -0.25) is 0 Å². The van der Waals surface area contributed by atoms with Crippen molar-refractivity contribution >= 4 is 0 Å². The predicted octanol–water partition coefficient (Wildman–Crippen LogP) is 9.09. The van der Waals surface area contributed by atoms with Crippen LogP contribution in [0.15, 0.2) is 24.3 Å². The smallest absolute Gasteiger partial charge is 0.119 e. The molecule has 0 radical (unpaired) electrons. The minimum atomic E-state index is 0.0618. The third kappa shape index (κ3) is 4.75. The van der Waals surface area contributed by atoms with Crippen LogP contribution in [0.2, 0.25) is 0 Å². The van der Waals surface area contributed by atoms with Crippen molar-refractivity contribution in [2.45, 2.75) is 128 Å². The van der Waals surface area contributed by atoms with Crippen LogP contribution in [0.5, 0.6) is 11.5 Å². The number of phenolic OH excluding ortho intramolecular Hbond substituents is 2. The molecule has 0 aliphatic heterocycles. The van der Waals surface area contributed by atoms with Gasteiger partial charge in [0.05, 0.1) is 0 Å². The van der Waals surface area contributed by atoms with E-state index in [1.54, 1.807) is 0 Å². The third-order valence-electron chi connectivity index (χ3n) is 9.31. The SMILES string of the molecule is CCCC(c1cc(C2(C)CCCCC2)c(O)cc1C)c1cc(C2(C)CCCCC2)c(O)cc1C.